The predicted molar refractivity (Wildman–Crippen MR) is 103 cm³/mol. The Bertz CT molecular complexity index is 856. The molecule has 0 spiro atoms. The van der Waals surface area contributed by atoms with Crippen LogP contribution < -0.4 is 15.2 Å². The number of fused-ring (bicyclic) bond motifs is 3. The first-order valence-corrected chi connectivity index (χ1v) is 9.87. The zero-order valence-corrected chi connectivity index (χ0v) is 15.8. The molecule has 2 aromatic rings. The number of aromatic nitrogens is 2. The second kappa shape index (κ2) is 8.13. The van der Waals surface area contributed by atoms with Gasteiger partial charge in [-0.3, -0.25) is 4.57 Å². The molecule has 0 aliphatic carbocycles. The van der Waals surface area contributed by atoms with E-state index in [4.69, 9.17) is 14.2 Å². The maximum Gasteiger partial charge on any atom is 0.351 e. The van der Waals surface area contributed by atoms with Gasteiger partial charge >= 0.3 is 5.69 Å². The lowest BCUT2D eigenvalue weighted by molar-refractivity contribution is 0.0661. The topological polar surface area (TPSA) is 62.6 Å². The summed E-state index contributed by atoms with van der Waals surface area (Å²) in [6, 6.07) is 7.96. The van der Waals surface area contributed by atoms with Gasteiger partial charge in [-0.1, -0.05) is 13.3 Å². The molecule has 0 N–H and O–H groups in total. The zero-order valence-electron chi connectivity index (χ0n) is 15.8. The SMILES string of the molecule is CCCCOc1ccc2c(c1)CCn1c-2cc(OCC2CCCO2)nc1=O. The van der Waals surface area contributed by atoms with E-state index in [9.17, 15) is 4.79 Å². The highest BCUT2D eigenvalue weighted by atomic mass is 16.5. The number of hydrogen-bond acceptors (Lipinski definition) is 5. The molecule has 1 atom stereocenters. The molecule has 6 nitrogen and oxygen atoms in total. The lowest BCUT2D eigenvalue weighted by atomic mass is 9.97. The van der Waals surface area contributed by atoms with Gasteiger partial charge < -0.3 is 14.2 Å². The molecule has 1 aromatic carbocycles. The molecule has 0 saturated carbocycles. The number of ether oxygens (including phenoxy) is 3. The van der Waals surface area contributed by atoms with Crippen LogP contribution in [-0.4, -0.2) is 35.5 Å². The summed E-state index contributed by atoms with van der Waals surface area (Å²) in [5, 5.41) is 0. The van der Waals surface area contributed by atoms with Crippen LogP contribution in [0.5, 0.6) is 11.6 Å². The van der Waals surface area contributed by atoms with Crippen LogP contribution in [0.3, 0.4) is 0 Å². The summed E-state index contributed by atoms with van der Waals surface area (Å²) in [6.45, 7) is 4.73. The van der Waals surface area contributed by atoms with Gasteiger partial charge in [-0.15, -0.1) is 0 Å². The number of aryl methyl sites for hydroxylation is 1. The highest BCUT2D eigenvalue weighted by Crippen LogP contribution is 2.32. The van der Waals surface area contributed by atoms with Crippen molar-refractivity contribution in [3.8, 4) is 22.9 Å². The summed E-state index contributed by atoms with van der Waals surface area (Å²) in [5.74, 6) is 1.26. The van der Waals surface area contributed by atoms with Gasteiger partial charge in [0.25, 0.3) is 0 Å². The maximum atomic E-state index is 12.4. The van der Waals surface area contributed by atoms with Crippen LogP contribution in [0, 0.1) is 0 Å². The fourth-order valence-corrected chi connectivity index (χ4v) is 3.64. The lowest BCUT2D eigenvalue weighted by Gasteiger charge is -2.22. The summed E-state index contributed by atoms with van der Waals surface area (Å²) >= 11 is 0. The Hall–Kier alpha value is -2.34. The molecule has 2 aliphatic heterocycles. The molecule has 0 bridgehead atoms. The van der Waals surface area contributed by atoms with Crippen molar-refractivity contribution in [2.75, 3.05) is 19.8 Å². The molecule has 1 aromatic heterocycles. The van der Waals surface area contributed by atoms with Gasteiger partial charge in [-0.2, -0.15) is 4.98 Å². The Kier molecular flexibility index (Phi) is 5.43. The number of benzene rings is 1. The number of unbranched alkanes of at least 4 members (excludes halogenated alkanes) is 1. The van der Waals surface area contributed by atoms with Crippen molar-refractivity contribution in [2.24, 2.45) is 0 Å². The lowest BCUT2D eigenvalue weighted by Crippen LogP contribution is -2.29. The molecule has 2 aliphatic rings. The van der Waals surface area contributed by atoms with Crippen LogP contribution >= 0.6 is 0 Å². The van der Waals surface area contributed by atoms with Gasteiger partial charge in [-0.25, -0.2) is 4.79 Å². The van der Waals surface area contributed by atoms with E-state index in [0.29, 0.717) is 19.0 Å². The second-order valence-electron chi connectivity index (χ2n) is 7.13. The molecular weight excluding hydrogens is 344 g/mol. The van der Waals surface area contributed by atoms with E-state index in [0.717, 1.165) is 62.3 Å². The van der Waals surface area contributed by atoms with Crippen LogP contribution in [0.1, 0.15) is 38.2 Å². The third kappa shape index (κ3) is 4.00. The van der Waals surface area contributed by atoms with Gasteiger partial charge in [0.15, 0.2) is 0 Å². The van der Waals surface area contributed by atoms with Gasteiger partial charge in [0.05, 0.1) is 18.4 Å². The van der Waals surface area contributed by atoms with Crippen LogP contribution in [0.4, 0.5) is 0 Å². The van der Waals surface area contributed by atoms with E-state index in [1.807, 2.05) is 18.2 Å². The fourth-order valence-electron chi connectivity index (χ4n) is 3.64. The van der Waals surface area contributed by atoms with E-state index in [1.165, 1.54) is 5.56 Å². The van der Waals surface area contributed by atoms with Crippen LogP contribution in [0.25, 0.3) is 11.3 Å². The average molecular weight is 370 g/mol. The van der Waals surface area contributed by atoms with Crippen molar-refractivity contribution in [1.29, 1.82) is 0 Å². The number of rotatable bonds is 7. The van der Waals surface area contributed by atoms with Crippen molar-refractivity contribution in [3.05, 3.63) is 40.3 Å². The summed E-state index contributed by atoms with van der Waals surface area (Å²) in [6.07, 6.45) is 5.11. The van der Waals surface area contributed by atoms with E-state index in [-0.39, 0.29) is 11.8 Å². The summed E-state index contributed by atoms with van der Waals surface area (Å²) in [7, 11) is 0. The minimum atomic E-state index is -0.260. The quantitative estimate of drug-likeness (QED) is 0.701. The third-order valence-electron chi connectivity index (χ3n) is 5.15. The van der Waals surface area contributed by atoms with Gasteiger partial charge in [0, 0.05) is 24.8 Å². The fraction of sp³-hybridized carbons (Fsp3) is 0.524. The minimum Gasteiger partial charge on any atom is -0.494 e. The number of nitrogens with zero attached hydrogens (tertiary/aromatic N) is 2. The average Bonchev–Trinajstić information content (AvgIpc) is 3.20. The molecule has 0 radical (unpaired) electrons. The predicted octanol–water partition coefficient (Wildman–Crippen LogP) is 3.20. The molecule has 144 valence electrons. The maximum absolute atomic E-state index is 12.4. The van der Waals surface area contributed by atoms with E-state index >= 15 is 0 Å². The van der Waals surface area contributed by atoms with E-state index in [2.05, 4.69) is 18.0 Å². The van der Waals surface area contributed by atoms with Gasteiger partial charge in [-0.05, 0) is 49.4 Å². The minimum absolute atomic E-state index is 0.0979. The molecule has 1 saturated heterocycles. The molecule has 1 unspecified atom stereocenters. The van der Waals surface area contributed by atoms with Crippen molar-refractivity contribution in [2.45, 2.75) is 51.7 Å². The molecule has 4 rings (SSSR count). The Morgan fingerprint density at radius 1 is 1.30 bits per heavy atom. The summed E-state index contributed by atoms with van der Waals surface area (Å²) in [5.41, 5.74) is 2.84. The van der Waals surface area contributed by atoms with Crippen molar-refractivity contribution in [3.63, 3.8) is 0 Å². The van der Waals surface area contributed by atoms with Crippen molar-refractivity contribution in [1.82, 2.24) is 9.55 Å². The highest BCUT2D eigenvalue weighted by molar-refractivity contribution is 5.67. The van der Waals surface area contributed by atoms with Gasteiger partial charge in [0.1, 0.15) is 12.4 Å². The second-order valence-corrected chi connectivity index (χ2v) is 7.13. The largest absolute Gasteiger partial charge is 0.494 e. The number of hydrogen-bond donors (Lipinski definition) is 0. The standard InChI is InChI=1S/C21H26N2O4/c1-2-3-10-25-16-6-7-18-15(12-16)8-9-23-19(18)13-20(22-21(23)24)27-14-17-5-4-11-26-17/h6-7,12-13,17H,2-5,8-11,14H2,1H3. The van der Waals surface area contributed by atoms with Crippen molar-refractivity contribution >= 4 is 0 Å². The Balaban J connectivity index is 1.56. The normalized spacial score (nSPS) is 18.0. The summed E-state index contributed by atoms with van der Waals surface area (Å²) < 4.78 is 18.9. The smallest absolute Gasteiger partial charge is 0.351 e. The molecule has 27 heavy (non-hydrogen) atoms. The third-order valence-corrected chi connectivity index (χ3v) is 5.15. The zero-order chi connectivity index (χ0) is 18.6. The van der Waals surface area contributed by atoms with Gasteiger partial charge in [0.2, 0.25) is 5.88 Å². The molecule has 6 heteroatoms. The molecule has 0 amide bonds. The van der Waals surface area contributed by atoms with E-state index in [1.54, 1.807) is 4.57 Å². The Morgan fingerprint density at radius 3 is 3.04 bits per heavy atom. The van der Waals surface area contributed by atoms with Crippen LogP contribution in [0.2, 0.25) is 0 Å². The first-order valence-electron chi connectivity index (χ1n) is 9.87. The van der Waals surface area contributed by atoms with Crippen molar-refractivity contribution < 1.29 is 14.2 Å². The first-order chi connectivity index (χ1) is 13.2. The first kappa shape index (κ1) is 18.0. The van der Waals surface area contributed by atoms with Crippen LogP contribution in [0.15, 0.2) is 29.1 Å². The monoisotopic (exact) mass is 370 g/mol. The molecular formula is C21H26N2O4. The van der Waals surface area contributed by atoms with Crippen LogP contribution in [-0.2, 0) is 17.7 Å². The Morgan fingerprint density at radius 2 is 2.22 bits per heavy atom. The molecule has 1 fully saturated rings. The highest BCUT2D eigenvalue weighted by Gasteiger charge is 2.21. The summed E-state index contributed by atoms with van der Waals surface area (Å²) in [4.78, 5) is 16.5. The Labute approximate surface area is 159 Å². The van der Waals surface area contributed by atoms with E-state index < -0.39 is 0 Å². The molecule has 3 heterocycles.